The number of hydrogen-bond acceptors (Lipinski definition) is 6. The SMILES string of the molecule is Nc1ccc(Cl)cc1SCc1nnc(-c2ccc(Br)o2)o1. The van der Waals surface area contributed by atoms with Gasteiger partial charge in [0.05, 0.1) is 5.75 Å². The monoisotopic (exact) mass is 385 g/mol. The minimum absolute atomic E-state index is 0.343. The molecular formula is C13H9BrClN3O2S. The lowest BCUT2D eigenvalue weighted by molar-refractivity contribution is 0.486. The molecule has 0 spiro atoms. The molecule has 21 heavy (non-hydrogen) atoms. The van der Waals surface area contributed by atoms with Crippen LogP contribution in [-0.2, 0) is 5.75 Å². The highest BCUT2D eigenvalue weighted by Gasteiger charge is 2.13. The fourth-order valence-electron chi connectivity index (χ4n) is 1.61. The number of furan rings is 1. The first-order valence-electron chi connectivity index (χ1n) is 5.88. The van der Waals surface area contributed by atoms with Gasteiger partial charge in [-0.25, -0.2) is 0 Å². The van der Waals surface area contributed by atoms with E-state index in [2.05, 4.69) is 26.1 Å². The Balaban J connectivity index is 1.71. The minimum atomic E-state index is 0.343. The molecule has 2 N–H and O–H groups in total. The molecule has 0 saturated carbocycles. The van der Waals surface area contributed by atoms with Gasteiger partial charge in [0.2, 0.25) is 5.89 Å². The topological polar surface area (TPSA) is 78.1 Å². The number of nitrogens with zero attached hydrogens (tertiary/aromatic N) is 2. The van der Waals surface area contributed by atoms with E-state index in [1.807, 2.05) is 6.07 Å². The summed E-state index contributed by atoms with van der Waals surface area (Å²) in [6.45, 7) is 0. The number of aromatic nitrogens is 2. The Kier molecular flexibility index (Phi) is 4.23. The Morgan fingerprint density at radius 1 is 1.19 bits per heavy atom. The summed E-state index contributed by atoms with van der Waals surface area (Å²) in [6, 6.07) is 8.84. The first kappa shape index (κ1) is 14.5. The first-order valence-corrected chi connectivity index (χ1v) is 8.03. The summed E-state index contributed by atoms with van der Waals surface area (Å²) in [4.78, 5) is 0.878. The van der Waals surface area contributed by atoms with E-state index in [0.29, 0.717) is 38.7 Å². The average molecular weight is 387 g/mol. The van der Waals surface area contributed by atoms with E-state index >= 15 is 0 Å². The lowest BCUT2D eigenvalue weighted by Gasteiger charge is -2.03. The summed E-state index contributed by atoms with van der Waals surface area (Å²) >= 11 is 10.7. The molecule has 2 heterocycles. The van der Waals surface area contributed by atoms with Crippen LogP contribution in [0, 0.1) is 0 Å². The molecule has 0 amide bonds. The summed E-state index contributed by atoms with van der Waals surface area (Å²) < 4.78 is 11.5. The number of nitrogen functional groups attached to an aromatic ring is 1. The van der Waals surface area contributed by atoms with Gasteiger partial charge in [-0.1, -0.05) is 11.6 Å². The van der Waals surface area contributed by atoms with Crippen molar-refractivity contribution < 1.29 is 8.83 Å². The second kappa shape index (κ2) is 6.13. The van der Waals surface area contributed by atoms with Crippen molar-refractivity contribution >= 4 is 45.0 Å². The fourth-order valence-corrected chi connectivity index (χ4v) is 3.00. The quantitative estimate of drug-likeness (QED) is 0.520. The molecule has 0 radical (unpaired) electrons. The third-order valence-corrected chi connectivity index (χ3v) is 4.29. The molecule has 0 bridgehead atoms. The molecule has 108 valence electrons. The lowest BCUT2D eigenvalue weighted by Crippen LogP contribution is -1.89. The Morgan fingerprint density at radius 3 is 2.81 bits per heavy atom. The maximum absolute atomic E-state index is 5.95. The van der Waals surface area contributed by atoms with E-state index in [0.717, 1.165) is 4.90 Å². The Hall–Kier alpha value is -1.44. The summed E-state index contributed by atoms with van der Waals surface area (Å²) in [5.41, 5.74) is 6.55. The molecule has 0 unspecified atom stereocenters. The molecule has 0 fully saturated rings. The van der Waals surface area contributed by atoms with Crippen LogP contribution < -0.4 is 5.73 Å². The Bertz CT molecular complexity index is 774. The third kappa shape index (κ3) is 3.42. The first-order chi connectivity index (χ1) is 10.1. The Morgan fingerprint density at radius 2 is 2.05 bits per heavy atom. The Labute approximate surface area is 138 Å². The molecule has 2 aromatic heterocycles. The van der Waals surface area contributed by atoms with Crippen LogP contribution >= 0.6 is 39.3 Å². The van der Waals surface area contributed by atoms with Crippen molar-refractivity contribution in [2.45, 2.75) is 10.6 Å². The van der Waals surface area contributed by atoms with E-state index in [9.17, 15) is 0 Å². The van der Waals surface area contributed by atoms with E-state index < -0.39 is 0 Å². The molecule has 0 aliphatic rings. The van der Waals surface area contributed by atoms with Crippen LogP contribution in [0.3, 0.4) is 0 Å². The largest absolute Gasteiger partial charge is 0.444 e. The van der Waals surface area contributed by atoms with Crippen LogP contribution in [0.2, 0.25) is 5.02 Å². The number of anilines is 1. The maximum Gasteiger partial charge on any atom is 0.283 e. The van der Waals surface area contributed by atoms with Crippen LogP contribution in [-0.4, -0.2) is 10.2 Å². The van der Waals surface area contributed by atoms with Crippen molar-refractivity contribution in [2.75, 3.05) is 5.73 Å². The number of benzene rings is 1. The molecule has 5 nitrogen and oxygen atoms in total. The van der Waals surface area contributed by atoms with Crippen molar-refractivity contribution in [2.24, 2.45) is 0 Å². The van der Waals surface area contributed by atoms with Gasteiger partial charge in [-0.3, -0.25) is 0 Å². The smallest absolute Gasteiger partial charge is 0.283 e. The van der Waals surface area contributed by atoms with Crippen molar-refractivity contribution in [3.05, 3.63) is 45.9 Å². The van der Waals surface area contributed by atoms with E-state index in [-0.39, 0.29) is 0 Å². The maximum atomic E-state index is 5.95. The summed E-state index contributed by atoms with van der Waals surface area (Å²) in [5, 5.41) is 8.57. The number of thioether (sulfide) groups is 1. The van der Waals surface area contributed by atoms with Crippen molar-refractivity contribution in [1.82, 2.24) is 10.2 Å². The van der Waals surface area contributed by atoms with Crippen molar-refractivity contribution in [1.29, 1.82) is 0 Å². The molecule has 0 atom stereocenters. The number of nitrogens with two attached hydrogens (primary N) is 1. The standard InChI is InChI=1S/C13H9BrClN3O2S/c14-11-4-3-9(19-11)13-18-17-12(20-13)6-21-10-5-7(15)1-2-8(10)16/h1-5H,6,16H2. The lowest BCUT2D eigenvalue weighted by atomic mass is 10.3. The molecule has 0 aliphatic carbocycles. The molecule has 1 aromatic carbocycles. The normalized spacial score (nSPS) is 11.0. The molecular weight excluding hydrogens is 378 g/mol. The van der Waals surface area contributed by atoms with E-state index in [1.165, 1.54) is 11.8 Å². The summed E-state index contributed by atoms with van der Waals surface area (Å²) in [5.74, 6) is 1.85. The zero-order valence-corrected chi connectivity index (χ0v) is 13.7. The molecule has 0 saturated heterocycles. The number of halogens is 2. The van der Waals surface area contributed by atoms with Crippen molar-refractivity contribution in [3.8, 4) is 11.7 Å². The predicted octanol–water partition coefficient (Wildman–Crippen LogP) is 4.62. The molecule has 8 heteroatoms. The van der Waals surface area contributed by atoms with Gasteiger partial charge < -0.3 is 14.6 Å². The van der Waals surface area contributed by atoms with Crippen molar-refractivity contribution in [3.63, 3.8) is 0 Å². The van der Waals surface area contributed by atoms with E-state index in [1.54, 1.807) is 24.3 Å². The number of hydrogen-bond donors (Lipinski definition) is 1. The number of rotatable bonds is 4. The zero-order chi connectivity index (χ0) is 14.8. The minimum Gasteiger partial charge on any atom is -0.444 e. The van der Waals surface area contributed by atoms with Crippen LogP contribution in [0.15, 0.2) is 48.7 Å². The van der Waals surface area contributed by atoms with Gasteiger partial charge in [0.15, 0.2) is 10.4 Å². The molecule has 3 rings (SSSR count). The highest BCUT2D eigenvalue weighted by molar-refractivity contribution is 9.10. The second-order valence-corrected chi connectivity index (χ2v) is 6.31. The zero-order valence-electron chi connectivity index (χ0n) is 10.5. The van der Waals surface area contributed by atoms with Gasteiger partial charge >= 0.3 is 0 Å². The average Bonchev–Trinajstić information content (AvgIpc) is 3.08. The van der Waals surface area contributed by atoms with Gasteiger partial charge in [-0.2, -0.15) is 0 Å². The molecule has 3 aromatic rings. The van der Waals surface area contributed by atoms with Crippen LogP contribution in [0.5, 0.6) is 0 Å². The van der Waals surface area contributed by atoms with Crippen LogP contribution in [0.4, 0.5) is 5.69 Å². The van der Waals surface area contributed by atoms with Gasteiger partial charge in [0.25, 0.3) is 5.89 Å². The van der Waals surface area contributed by atoms with E-state index in [4.69, 9.17) is 26.2 Å². The van der Waals surface area contributed by atoms with Gasteiger partial charge in [-0.05, 0) is 46.3 Å². The van der Waals surface area contributed by atoms with Crippen LogP contribution in [0.25, 0.3) is 11.7 Å². The predicted molar refractivity (Wildman–Crippen MR) is 85.1 cm³/mol. The fraction of sp³-hybridized carbons (Fsp3) is 0.0769. The van der Waals surface area contributed by atoms with Gasteiger partial charge in [0, 0.05) is 15.6 Å². The van der Waals surface area contributed by atoms with Gasteiger partial charge in [0.1, 0.15) is 0 Å². The van der Waals surface area contributed by atoms with Gasteiger partial charge in [-0.15, -0.1) is 22.0 Å². The highest BCUT2D eigenvalue weighted by atomic mass is 79.9. The summed E-state index contributed by atoms with van der Waals surface area (Å²) in [6.07, 6.45) is 0. The van der Waals surface area contributed by atoms with Crippen LogP contribution in [0.1, 0.15) is 5.89 Å². The highest BCUT2D eigenvalue weighted by Crippen LogP contribution is 2.31. The third-order valence-electron chi connectivity index (χ3n) is 2.58. The summed E-state index contributed by atoms with van der Waals surface area (Å²) in [7, 11) is 0. The second-order valence-electron chi connectivity index (χ2n) is 4.08. The molecule has 0 aliphatic heterocycles.